The van der Waals surface area contributed by atoms with E-state index in [4.69, 9.17) is 5.73 Å². The third-order valence-corrected chi connectivity index (χ3v) is 3.60. The lowest BCUT2D eigenvalue weighted by Crippen LogP contribution is -2.43. The highest BCUT2D eigenvalue weighted by molar-refractivity contribution is 9.10. The molecule has 0 amide bonds. The van der Waals surface area contributed by atoms with Crippen LogP contribution in [-0.4, -0.2) is 10.5 Å². The van der Waals surface area contributed by atoms with Crippen LogP contribution < -0.4 is 5.73 Å². The summed E-state index contributed by atoms with van der Waals surface area (Å²) in [7, 11) is 0. The van der Waals surface area contributed by atoms with Gasteiger partial charge in [-0.05, 0) is 40.9 Å². The first kappa shape index (κ1) is 11.1. The predicted molar refractivity (Wildman–Crippen MR) is 65.6 cm³/mol. The van der Waals surface area contributed by atoms with Gasteiger partial charge in [-0.1, -0.05) is 25.3 Å². The van der Waals surface area contributed by atoms with Gasteiger partial charge in [-0.25, -0.2) is 4.98 Å². The molecule has 0 saturated heterocycles. The highest BCUT2D eigenvalue weighted by Crippen LogP contribution is 2.28. The summed E-state index contributed by atoms with van der Waals surface area (Å²) in [5, 5.41) is 0. The first-order chi connectivity index (χ1) is 7.18. The van der Waals surface area contributed by atoms with Gasteiger partial charge in [-0.15, -0.1) is 0 Å². The molecule has 0 radical (unpaired) electrons. The Morgan fingerprint density at radius 2 is 2.00 bits per heavy atom. The van der Waals surface area contributed by atoms with Crippen molar-refractivity contribution in [2.75, 3.05) is 0 Å². The standard InChI is InChI=1S/C12H17BrN2/c13-11-6-4-5-10(15-11)9-12(14)7-2-1-3-8-12/h4-6H,1-3,7-9,14H2. The van der Waals surface area contributed by atoms with Crippen molar-refractivity contribution in [1.82, 2.24) is 4.98 Å². The van der Waals surface area contributed by atoms with Crippen molar-refractivity contribution in [2.45, 2.75) is 44.1 Å². The quantitative estimate of drug-likeness (QED) is 0.838. The van der Waals surface area contributed by atoms with Gasteiger partial charge < -0.3 is 5.73 Å². The zero-order chi connectivity index (χ0) is 10.7. The number of pyridine rings is 1. The fraction of sp³-hybridized carbons (Fsp3) is 0.583. The van der Waals surface area contributed by atoms with E-state index in [9.17, 15) is 0 Å². The predicted octanol–water partition coefficient (Wildman–Crippen LogP) is 3.05. The Morgan fingerprint density at radius 3 is 2.67 bits per heavy atom. The molecule has 82 valence electrons. The summed E-state index contributed by atoms with van der Waals surface area (Å²) in [6.07, 6.45) is 7.06. The zero-order valence-corrected chi connectivity index (χ0v) is 10.5. The van der Waals surface area contributed by atoms with E-state index in [1.807, 2.05) is 12.1 Å². The lowest BCUT2D eigenvalue weighted by atomic mass is 9.79. The monoisotopic (exact) mass is 268 g/mol. The Hall–Kier alpha value is -0.410. The summed E-state index contributed by atoms with van der Waals surface area (Å²) in [4.78, 5) is 4.45. The molecular formula is C12H17BrN2. The minimum absolute atomic E-state index is 0.00789. The van der Waals surface area contributed by atoms with Gasteiger partial charge in [0.25, 0.3) is 0 Å². The molecule has 1 fully saturated rings. The van der Waals surface area contributed by atoms with E-state index in [0.29, 0.717) is 0 Å². The number of nitrogens with zero attached hydrogens (tertiary/aromatic N) is 1. The maximum atomic E-state index is 6.39. The molecule has 15 heavy (non-hydrogen) atoms. The molecule has 2 rings (SSSR count). The van der Waals surface area contributed by atoms with Crippen molar-refractivity contribution in [1.29, 1.82) is 0 Å². The van der Waals surface area contributed by atoms with E-state index in [-0.39, 0.29) is 5.54 Å². The Bertz CT molecular complexity index is 332. The number of rotatable bonds is 2. The van der Waals surface area contributed by atoms with E-state index < -0.39 is 0 Å². The molecule has 1 saturated carbocycles. The van der Waals surface area contributed by atoms with Crippen molar-refractivity contribution in [2.24, 2.45) is 5.73 Å². The lowest BCUT2D eigenvalue weighted by Gasteiger charge is -2.33. The molecule has 2 N–H and O–H groups in total. The van der Waals surface area contributed by atoms with Crippen LogP contribution in [0.1, 0.15) is 37.8 Å². The minimum atomic E-state index is -0.00789. The second-order valence-electron chi connectivity index (χ2n) is 4.55. The van der Waals surface area contributed by atoms with Gasteiger partial charge in [-0.2, -0.15) is 0 Å². The molecule has 1 heterocycles. The van der Waals surface area contributed by atoms with Gasteiger partial charge in [0.2, 0.25) is 0 Å². The van der Waals surface area contributed by atoms with Crippen LogP contribution >= 0.6 is 15.9 Å². The molecule has 0 aliphatic heterocycles. The largest absolute Gasteiger partial charge is 0.325 e. The molecule has 1 aromatic rings. The third-order valence-electron chi connectivity index (χ3n) is 3.16. The summed E-state index contributed by atoms with van der Waals surface area (Å²) in [6, 6.07) is 6.04. The summed E-state index contributed by atoms with van der Waals surface area (Å²) in [5.41, 5.74) is 7.48. The molecular weight excluding hydrogens is 252 g/mol. The number of nitrogens with two attached hydrogens (primary N) is 1. The van der Waals surface area contributed by atoms with E-state index in [0.717, 1.165) is 29.6 Å². The van der Waals surface area contributed by atoms with Gasteiger partial charge in [0, 0.05) is 17.7 Å². The number of hydrogen-bond donors (Lipinski definition) is 1. The average molecular weight is 269 g/mol. The second kappa shape index (κ2) is 4.62. The maximum Gasteiger partial charge on any atom is 0.106 e. The van der Waals surface area contributed by atoms with Crippen molar-refractivity contribution < 1.29 is 0 Å². The van der Waals surface area contributed by atoms with Crippen molar-refractivity contribution in [3.8, 4) is 0 Å². The van der Waals surface area contributed by atoms with E-state index >= 15 is 0 Å². The van der Waals surface area contributed by atoms with Crippen molar-refractivity contribution in [3.63, 3.8) is 0 Å². The average Bonchev–Trinajstić information content (AvgIpc) is 2.18. The molecule has 1 aliphatic rings. The van der Waals surface area contributed by atoms with Crippen LogP contribution in [0.3, 0.4) is 0 Å². The smallest absolute Gasteiger partial charge is 0.106 e. The zero-order valence-electron chi connectivity index (χ0n) is 8.88. The summed E-state index contributed by atoms with van der Waals surface area (Å²) >= 11 is 3.39. The van der Waals surface area contributed by atoms with Gasteiger partial charge in [0.1, 0.15) is 4.60 Å². The normalized spacial score (nSPS) is 20.1. The summed E-state index contributed by atoms with van der Waals surface area (Å²) < 4.78 is 0.902. The Labute approximate surface area is 99.4 Å². The first-order valence-corrected chi connectivity index (χ1v) is 6.38. The molecule has 1 aromatic heterocycles. The van der Waals surface area contributed by atoms with Gasteiger partial charge in [0.15, 0.2) is 0 Å². The fourth-order valence-electron chi connectivity index (χ4n) is 2.34. The molecule has 0 aromatic carbocycles. The van der Waals surface area contributed by atoms with Crippen LogP contribution in [0, 0.1) is 0 Å². The highest BCUT2D eigenvalue weighted by Gasteiger charge is 2.27. The number of aromatic nitrogens is 1. The Kier molecular flexibility index (Phi) is 3.42. The molecule has 3 heteroatoms. The van der Waals surface area contributed by atoms with Crippen LogP contribution in [0.4, 0.5) is 0 Å². The Balaban J connectivity index is 2.06. The molecule has 2 nitrogen and oxygen atoms in total. The lowest BCUT2D eigenvalue weighted by molar-refractivity contribution is 0.292. The van der Waals surface area contributed by atoms with E-state index in [2.05, 4.69) is 27.0 Å². The van der Waals surface area contributed by atoms with Crippen LogP contribution in [0.2, 0.25) is 0 Å². The molecule has 0 unspecified atom stereocenters. The molecule has 0 bridgehead atoms. The molecule has 1 aliphatic carbocycles. The maximum absolute atomic E-state index is 6.39. The van der Waals surface area contributed by atoms with Crippen molar-refractivity contribution >= 4 is 15.9 Å². The van der Waals surface area contributed by atoms with Crippen LogP contribution in [0.15, 0.2) is 22.8 Å². The van der Waals surface area contributed by atoms with Crippen molar-refractivity contribution in [3.05, 3.63) is 28.5 Å². The summed E-state index contributed by atoms with van der Waals surface area (Å²) in [5.74, 6) is 0. The Morgan fingerprint density at radius 1 is 1.27 bits per heavy atom. The van der Waals surface area contributed by atoms with Gasteiger partial charge >= 0.3 is 0 Å². The van der Waals surface area contributed by atoms with Crippen LogP contribution in [0.25, 0.3) is 0 Å². The fourth-order valence-corrected chi connectivity index (χ4v) is 2.72. The van der Waals surface area contributed by atoms with Crippen LogP contribution in [-0.2, 0) is 6.42 Å². The number of hydrogen-bond acceptors (Lipinski definition) is 2. The summed E-state index contributed by atoms with van der Waals surface area (Å²) in [6.45, 7) is 0. The second-order valence-corrected chi connectivity index (χ2v) is 5.36. The van der Waals surface area contributed by atoms with Crippen LogP contribution in [0.5, 0.6) is 0 Å². The topological polar surface area (TPSA) is 38.9 Å². The van der Waals surface area contributed by atoms with E-state index in [1.54, 1.807) is 0 Å². The van der Waals surface area contributed by atoms with Gasteiger partial charge in [-0.3, -0.25) is 0 Å². The highest BCUT2D eigenvalue weighted by atomic mass is 79.9. The number of halogens is 1. The minimum Gasteiger partial charge on any atom is -0.325 e. The first-order valence-electron chi connectivity index (χ1n) is 5.58. The molecule has 0 spiro atoms. The third kappa shape index (κ3) is 3.02. The van der Waals surface area contributed by atoms with E-state index in [1.165, 1.54) is 19.3 Å². The van der Waals surface area contributed by atoms with Gasteiger partial charge in [0.05, 0.1) is 0 Å². The SMILES string of the molecule is NC1(Cc2cccc(Br)n2)CCCCC1. The molecule has 0 atom stereocenters.